The van der Waals surface area contributed by atoms with Crippen LogP contribution >= 0.6 is 11.8 Å². The van der Waals surface area contributed by atoms with Gasteiger partial charge in [0, 0.05) is 10.6 Å². The molecule has 0 saturated carbocycles. The molecule has 0 spiro atoms. The fraction of sp³-hybridized carbons (Fsp3) is 0.263. The van der Waals surface area contributed by atoms with Crippen molar-refractivity contribution in [2.75, 3.05) is 20.8 Å². The lowest BCUT2D eigenvalue weighted by atomic mass is 10.1. The summed E-state index contributed by atoms with van der Waals surface area (Å²) in [5.74, 6) is 2.14. The smallest absolute Gasteiger partial charge is 0.220 e. The number of nitrogens with zero attached hydrogens (tertiary/aromatic N) is 4. The molecule has 2 aromatic carbocycles. The molecule has 0 saturated heterocycles. The van der Waals surface area contributed by atoms with Crippen LogP contribution in [-0.4, -0.2) is 40.5 Å². The van der Waals surface area contributed by atoms with Gasteiger partial charge >= 0.3 is 0 Å². The van der Waals surface area contributed by atoms with Crippen LogP contribution in [0.4, 0.5) is 0 Å². The largest absolute Gasteiger partial charge is 0.497 e. The van der Waals surface area contributed by atoms with Crippen LogP contribution in [0.2, 0.25) is 0 Å². The lowest BCUT2D eigenvalue weighted by Crippen LogP contribution is -2.11. The van der Waals surface area contributed by atoms with Crippen molar-refractivity contribution < 1.29 is 14.4 Å². The third kappa shape index (κ3) is 4.42. The zero-order valence-electron chi connectivity index (χ0n) is 15.7. The van der Waals surface area contributed by atoms with Crippen molar-refractivity contribution in [2.24, 2.45) is 0 Å². The zero-order chi connectivity index (χ0) is 20.1. The Hall–Kier alpha value is -3.07. The van der Waals surface area contributed by atoms with E-state index in [1.165, 1.54) is 11.8 Å². The fourth-order valence-electron chi connectivity index (χ4n) is 2.74. The molecule has 0 bridgehead atoms. The highest BCUT2D eigenvalue weighted by Gasteiger charge is 2.23. The van der Waals surface area contributed by atoms with Crippen LogP contribution in [0.5, 0.6) is 11.5 Å². The van der Waals surface area contributed by atoms with Crippen molar-refractivity contribution in [1.29, 1.82) is 0 Å². The van der Waals surface area contributed by atoms with Crippen LogP contribution in [0.15, 0.2) is 53.7 Å². The standard InChI is InChI=1S/C19H20N4O4S/c1-13-20-21-19(23(13)15-6-10-17(27-3)11-7-15)28-18(12-22(24)25)14-4-8-16(26-2)9-5-14/h4-11,18H,12H2,1-3H3/t18-/m0/s1. The topological polar surface area (TPSA) is 92.3 Å². The molecule has 9 heteroatoms. The van der Waals surface area contributed by atoms with E-state index >= 15 is 0 Å². The number of ether oxygens (including phenoxy) is 2. The van der Waals surface area contributed by atoms with E-state index in [-0.39, 0.29) is 11.5 Å². The second-order valence-corrected chi connectivity index (χ2v) is 7.13. The zero-order valence-corrected chi connectivity index (χ0v) is 16.5. The van der Waals surface area contributed by atoms with Gasteiger partial charge in [0.2, 0.25) is 6.54 Å². The van der Waals surface area contributed by atoms with Gasteiger partial charge in [-0.15, -0.1) is 10.2 Å². The Labute approximate surface area is 166 Å². The highest BCUT2D eigenvalue weighted by Crippen LogP contribution is 2.36. The van der Waals surface area contributed by atoms with Gasteiger partial charge in [0.25, 0.3) is 0 Å². The molecule has 1 atom stereocenters. The predicted octanol–water partition coefficient (Wildman–Crippen LogP) is 3.70. The average Bonchev–Trinajstić information content (AvgIpc) is 3.07. The highest BCUT2D eigenvalue weighted by molar-refractivity contribution is 7.99. The molecule has 146 valence electrons. The van der Waals surface area contributed by atoms with Crippen LogP contribution in [0, 0.1) is 17.0 Å². The average molecular weight is 400 g/mol. The normalized spacial score (nSPS) is 11.8. The molecule has 0 unspecified atom stereocenters. The summed E-state index contributed by atoms with van der Waals surface area (Å²) in [5, 5.41) is 19.8. The van der Waals surface area contributed by atoms with Gasteiger partial charge in [-0.3, -0.25) is 14.7 Å². The fourth-order valence-corrected chi connectivity index (χ4v) is 3.91. The molecule has 0 N–H and O–H groups in total. The number of aryl methyl sites for hydroxylation is 1. The number of thioether (sulfide) groups is 1. The van der Waals surface area contributed by atoms with Crippen molar-refractivity contribution in [3.8, 4) is 17.2 Å². The van der Waals surface area contributed by atoms with Gasteiger partial charge < -0.3 is 9.47 Å². The maximum Gasteiger partial charge on any atom is 0.220 e. The third-order valence-electron chi connectivity index (χ3n) is 4.18. The maximum atomic E-state index is 11.2. The minimum atomic E-state index is -0.415. The molecular formula is C19H20N4O4S. The molecule has 28 heavy (non-hydrogen) atoms. The van der Waals surface area contributed by atoms with Crippen LogP contribution in [0.1, 0.15) is 16.6 Å². The van der Waals surface area contributed by atoms with Crippen molar-refractivity contribution >= 4 is 11.8 Å². The number of hydrogen-bond acceptors (Lipinski definition) is 7. The number of hydrogen-bond donors (Lipinski definition) is 0. The van der Waals surface area contributed by atoms with Gasteiger partial charge in [-0.05, 0) is 48.9 Å². The summed E-state index contributed by atoms with van der Waals surface area (Å²) in [6.07, 6.45) is 0. The molecule has 0 aliphatic rings. The highest BCUT2D eigenvalue weighted by atomic mass is 32.2. The molecule has 0 aliphatic heterocycles. The third-order valence-corrected chi connectivity index (χ3v) is 5.36. The summed E-state index contributed by atoms with van der Waals surface area (Å²) < 4.78 is 12.2. The number of nitro groups is 1. The van der Waals surface area contributed by atoms with Crippen LogP contribution < -0.4 is 9.47 Å². The molecule has 3 aromatic rings. The van der Waals surface area contributed by atoms with Gasteiger partial charge in [-0.25, -0.2) is 0 Å². The summed E-state index contributed by atoms with van der Waals surface area (Å²) >= 11 is 1.31. The minimum Gasteiger partial charge on any atom is -0.497 e. The molecule has 0 radical (unpaired) electrons. The molecule has 0 aliphatic carbocycles. The SMILES string of the molecule is COc1ccc([C@H](C[N+](=O)[O-])Sc2nnc(C)n2-c2ccc(OC)cc2)cc1. The first-order valence-corrected chi connectivity index (χ1v) is 9.38. The summed E-state index contributed by atoms with van der Waals surface area (Å²) in [4.78, 5) is 10.9. The van der Waals surface area contributed by atoms with Crippen molar-refractivity contribution in [3.05, 3.63) is 70.0 Å². The van der Waals surface area contributed by atoms with Crippen molar-refractivity contribution in [1.82, 2.24) is 14.8 Å². The molecule has 3 rings (SSSR count). The number of methoxy groups -OCH3 is 2. The van der Waals surface area contributed by atoms with Gasteiger partial charge in [-0.1, -0.05) is 23.9 Å². The first kappa shape index (κ1) is 19.7. The van der Waals surface area contributed by atoms with Gasteiger partial charge in [0.15, 0.2) is 5.16 Å². The van der Waals surface area contributed by atoms with E-state index in [9.17, 15) is 10.1 Å². The summed E-state index contributed by atoms with van der Waals surface area (Å²) in [5.41, 5.74) is 1.69. The van der Waals surface area contributed by atoms with Crippen LogP contribution in [0.3, 0.4) is 0 Å². The Morgan fingerprint density at radius 1 is 1.04 bits per heavy atom. The van der Waals surface area contributed by atoms with Crippen LogP contribution in [-0.2, 0) is 0 Å². The van der Waals surface area contributed by atoms with E-state index in [4.69, 9.17) is 9.47 Å². The molecule has 1 aromatic heterocycles. The Morgan fingerprint density at radius 3 is 2.14 bits per heavy atom. The van der Waals surface area contributed by atoms with Crippen LogP contribution in [0.25, 0.3) is 5.69 Å². The second-order valence-electron chi connectivity index (χ2n) is 5.96. The van der Waals surface area contributed by atoms with E-state index in [0.29, 0.717) is 16.7 Å². The Morgan fingerprint density at radius 2 is 1.61 bits per heavy atom. The van der Waals surface area contributed by atoms with Gasteiger partial charge in [0.1, 0.15) is 22.6 Å². The summed E-state index contributed by atoms with van der Waals surface area (Å²) in [7, 11) is 3.19. The number of benzene rings is 2. The Kier molecular flexibility index (Phi) is 6.15. The van der Waals surface area contributed by atoms with Crippen molar-refractivity contribution in [3.63, 3.8) is 0 Å². The van der Waals surface area contributed by atoms with E-state index in [1.54, 1.807) is 26.4 Å². The lowest BCUT2D eigenvalue weighted by Gasteiger charge is -2.15. The molecule has 0 amide bonds. The molecule has 1 heterocycles. The quantitative estimate of drug-likeness (QED) is 0.323. The second kappa shape index (κ2) is 8.75. The predicted molar refractivity (Wildman–Crippen MR) is 106 cm³/mol. The van der Waals surface area contributed by atoms with Gasteiger partial charge in [-0.2, -0.15) is 0 Å². The molecule has 8 nitrogen and oxygen atoms in total. The summed E-state index contributed by atoms with van der Waals surface area (Å²) in [6, 6.07) is 14.7. The Bertz CT molecular complexity index is 942. The summed E-state index contributed by atoms with van der Waals surface area (Å²) in [6.45, 7) is 1.61. The first-order chi connectivity index (χ1) is 13.5. The maximum absolute atomic E-state index is 11.2. The number of aromatic nitrogens is 3. The Balaban J connectivity index is 1.93. The van der Waals surface area contributed by atoms with Crippen molar-refractivity contribution in [2.45, 2.75) is 17.3 Å². The monoisotopic (exact) mass is 400 g/mol. The van der Waals surface area contributed by atoms with Gasteiger partial charge in [0.05, 0.1) is 14.2 Å². The van der Waals surface area contributed by atoms with E-state index in [0.717, 1.165) is 17.0 Å². The molecular weight excluding hydrogens is 380 g/mol. The number of rotatable bonds is 8. The van der Waals surface area contributed by atoms with E-state index < -0.39 is 5.25 Å². The van der Waals surface area contributed by atoms with E-state index in [2.05, 4.69) is 10.2 Å². The first-order valence-electron chi connectivity index (χ1n) is 8.50. The molecule has 0 fully saturated rings. The minimum absolute atomic E-state index is 0.231. The van der Waals surface area contributed by atoms with E-state index in [1.807, 2.05) is 47.9 Å². The lowest BCUT2D eigenvalue weighted by molar-refractivity contribution is -0.479.